The Balaban J connectivity index is 2.17. The molecule has 92 valence electrons. The number of aryl methyl sites for hydroxylation is 1. The minimum Gasteiger partial charge on any atom is -0.381 e. The topological polar surface area (TPSA) is 46.0 Å². The summed E-state index contributed by atoms with van der Waals surface area (Å²) < 4.78 is 0.980. The van der Waals surface area contributed by atoms with Crippen LogP contribution in [-0.2, 0) is 6.42 Å². The van der Waals surface area contributed by atoms with Crippen molar-refractivity contribution < 1.29 is 5.11 Å². The van der Waals surface area contributed by atoms with Crippen LogP contribution in [0.3, 0.4) is 0 Å². The molecule has 3 heterocycles. The van der Waals surface area contributed by atoms with Crippen LogP contribution in [0.1, 0.15) is 29.4 Å². The predicted octanol–water partition coefficient (Wildman–Crippen LogP) is 3.40. The Kier molecular flexibility index (Phi) is 3.11. The molecule has 0 amide bonds. The molecule has 0 radical (unpaired) electrons. The Morgan fingerprint density at radius 1 is 1.22 bits per heavy atom. The lowest BCUT2D eigenvalue weighted by molar-refractivity contribution is 0.220. The van der Waals surface area contributed by atoms with Crippen molar-refractivity contribution in [3.8, 4) is 0 Å². The second-order valence-electron chi connectivity index (χ2n) is 3.93. The summed E-state index contributed by atoms with van der Waals surface area (Å²) in [6.07, 6.45) is 0.120. The zero-order valence-electron chi connectivity index (χ0n) is 9.83. The smallest absolute Gasteiger partial charge is 0.132 e. The molecule has 0 aliphatic heterocycles. The fourth-order valence-electron chi connectivity index (χ4n) is 1.86. The molecule has 0 spiro atoms. The van der Waals surface area contributed by atoms with Crippen LogP contribution in [0, 0.1) is 0 Å². The Morgan fingerprint density at radius 3 is 2.83 bits per heavy atom. The Morgan fingerprint density at radius 2 is 2.11 bits per heavy atom. The van der Waals surface area contributed by atoms with Gasteiger partial charge in [-0.3, -0.25) is 0 Å². The van der Waals surface area contributed by atoms with Crippen LogP contribution >= 0.6 is 22.7 Å². The fraction of sp³-hybridized carbons (Fsp3) is 0.231. The van der Waals surface area contributed by atoms with Gasteiger partial charge in [0.2, 0.25) is 0 Å². The van der Waals surface area contributed by atoms with Gasteiger partial charge in [-0.15, -0.1) is 22.7 Å². The molecule has 3 aromatic rings. The molecular weight excluding hydrogens is 264 g/mol. The maximum atomic E-state index is 10.4. The Labute approximate surface area is 113 Å². The standard InChI is InChI=1S/C13H12N2OS2/c1-2-10-14-8-5-7-18-13(8)11(15-10)12(16)9-4-3-6-17-9/h3-7,12,16H,2H2,1H3. The van der Waals surface area contributed by atoms with Crippen molar-refractivity contribution in [3.05, 3.63) is 45.4 Å². The van der Waals surface area contributed by atoms with Crippen molar-refractivity contribution >= 4 is 32.9 Å². The lowest BCUT2D eigenvalue weighted by atomic mass is 10.2. The van der Waals surface area contributed by atoms with E-state index < -0.39 is 6.10 Å². The minimum atomic E-state index is -0.653. The van der Waals surface area contributed by atoms with Crippen LogP contribution in [0.15, 0.2) is 29.0 Å². The largest absolute Gasteiger partial charge is 0.381 e. The first kappa shape index (κ1) is 11.8. The predicted molar refractivity (Wildman–Crippen MR) is 75.2 cm³/mol. The summed E-state index contributed by atoms with van der Waals surface area (Å²) in [5.74, 6) is 0.784. The van der Waals surface area contributed by atoms with Gasteiger partial charge in [0, 0.05) is 11.3 Å². The van der Waals surface area contributed by atoms with Crippen LogP contribution in [0.5, 0.6) is 0 Å². The molecule has 0 saturated heterocycles. The SMILES string of the molecule is CCc1nc(C(O)c2cccs2)c2sccc2n1. The average molecular weight is 276 g/mol. The zero-order chi connectivity index (χ0) is 12.5. The molecule has 1 atom stereocenters. The fourth-order valence-corrected chi connectivity index (χ4v) is 3.42. The highest BCUT2D eigenvalue weighted by atomic mass is 32.1. The van der Waals surface area contributed by atoms with E-state index in [0.717, 1.165) is 33.0 Å². The van der Waals surface area contributed by atoms with E-state index in [2.05, 4.69) is 9.97 Å². The molecule has 0 aromatic carbocycles. The molecule has 0 bridgehead atoms. The summed E-state index contributed by atoms with van der Waals surface area (Å²) in [6.45, 7) is 2.02. The summed E-state index contributed by atoms with van der Waals surface area (Å²) in [7, 11) is 0. The molecular formula is C13H12N2OS2. The maximum absolute atomic E-state index is 10.4. The van der Waals surface area contributed by atoms with E-state index in [0.29, 0.717) is 0 Å². The summed E-state index contributed by atoms with van der Waals surface area (Å²) in [4.78, 5) is 9.89. The van der Waals surface area contributed by atoms with Gasteiger partial charge in [-0.2, -0.15) is 0 Å². The van der Waals surface area contributed by atoms with E-state index in [1.54, 1.807) is 22.7 Å². The molecule has 0 saturated carbocycles. The van der Waals surface area contributed by atoms with Gasteiger partial charge < -0.3 is 5.11 Å². The number of aliphatic hydroxyl groups excluding tert-OH is 1. The molecule has 3 aromatic heterocycles. The molecule has 1 N–H and O–H groups in total. The minimum absolute atomic E-state index is 0.653. The van der Waals surface area contributed by atoms with Gasteiger partial charge in [-0.05, 0) is 22.9 Å². The molecule has 18 heavy (non-hydrogen) atoms. The summed E-state index contributed by atoms with van der Waals surface area (Å²) in [6, 6.07) is 5.85. The summed E-state index contributed by atoms with van der Waals surface area (Å²) in [5.41, 5.74) is 1.66. The lowest BCUT2D eigenvalue weighted by Gasteiger charge is -2.10. The highest BCUT2D eigenvalue weighted by molar-refractivity contribution is 7.17. The first-order valence-electron chi connectivity index (χ1n) is 5.75. The lowest BCUT2D eigenvalue weighted by Crippen LogP contribution is -2.04. The second kappa shape index (κ2) is 4.76. The van der Waals surface area contributed by atoms with E-state index in [1.165, 1.54) is 0 Å². The van der Waals surface area contributed by atoms with Crippen LogP contribution in [-0.4, -0.2) is 15.1 Å². The van der Waals surface area contributed by atoms with Crippen molar-refractivity contribution in [1.82, 2.24) is 9.97 Å². The number of aliphatic hydroxyl groups is 1. The third kappa shape index (κ3) is 1.94. The van der Waals surface area contributed by atoms with Gasteiger partial charge in [-0.1, -0.05) is 13.0 Å². The van der Waals surface area contributed by atoms with Crippen LogP contribution < -0.4 is 0 Å². The molecule has 3 nitrogen and oxygen atoms in total. The normalized spacial score (nSPS) is 13.0. The van der Waals surface area contributed by atoms with Crippen molar-refractivity contribution in [1.29, 1.82) is 0 Å². The molecule has 5 heteroatoms. The maximum Gasteiger partial charge on any atom is 0.132 e. The van der Waals surface area contributed by atoms with Gasteiger partial charge in [0.1, 0.15) is 11.9 Å². The van der Waals surface area contributed by atoms with Crippen molar-refractivity contribution in [3.63, 3.8) is 0 Å². The van der Waals surface area contributed by atoms with Gasteiger partial charge in [0.05, 0.1) is 15.9 Å². The zero-order valence-corrected chi connectivity index (χ0v) is 11.5. The quantitative estimate of drug-likeness (QED) is 0.797. The number of aromatic nitrogens is 2. The van der Waals surface area contributed by atoms with Crippen molar-refractivity contribution in [2.45, 2.75) is 19.4 Å². The number of rotatable bonds is 3. The third-order valence-corrected chi connectivity index (χ3v) is 4.61. The van der Waals surface area contributed by atoms with E-state index in [9.17, 15) is 5.11 Å². The van der Waals surface area contributed by atoms with E-state index in [4.69, 9.17) is 0 Å². The first-order valence-corrected chi connectivity index (χ1v) is 7.51. The van der Waals surface area contributed by atoms with Gasteiger partial charge in [0.25, 0.3) is 0 Å². The Bertz CT molecular complexity index is 661. The summed E-state index contributed by atoms with van der Waals surface area (Å²) >= 11 is 3.12. The number of hydrogen-bond donors (Lipinski definition) is 1. The van der Waals surface area contributed by atoms with Gasteiger partial charge >= 0.3 is 0 Å². The van der Waals surface area contributed by atoms with Crippen LogP contribution in [0.4, 0.5) is 0 Å². The third-order valence-electron chi connectivity index (χ3n) is 2.76. The van der Waals surface area contributed by atoms with E-state index in [-0.39, 0.29) is 0 Å². The number of fused-ring (bicyclic) bond motifs is 1. The van der Waals surface area contributed by atoms with Crippen LogP contribution in [0.2, 0.25) is 0 Å². The monoisotopic (exact) mass is 276 g/mol. The summed E-state index contributed by atoms with van der Waals surface area (Å²) in [5, 5.41) is 14.4. The number of hydrogen-bond acceptors (Lipinski definition) is 5. The number of thiophene rings is 2. The molecule has 0 fully saturated rings. The van der Waals surface area contributed by atoms with Crippen LogP contribution in [0.25, 0.3) is 10.2 Å². The highest BCUT2D eigenvalue weighted by Gasteiger charge is 2.18. The molecule has 1 unspecified atom stereocenters. The molecule has 0 aliphatic rings. The highest BCUT2D eigenvalue weighted by Crippen LogP contribution is 2.32. The van der Waals surface area contributed by atoms with Gasteiger partial charge in [-0.25, -0.2) is 9.97 Å². The first-order chi connectivity index (χ1) is 8.79. The average Bonchev–Trinajstić information content (AvgIpc) is 3.07. The second-order valence-corrected chi connectivity index (χ2v) is 5.83. The van der Waals surface area contributed by atoms with E-state index in [1.807, 2.05) is 35.9 Å². The van der Waals surface area contributed by atoms with Gasteiger partial charge in [0.15, 0.2) is 0 Å². The number of nitrogens with zero attached hydrogens (tertiary/aromatic N) is 2. The molecule has 0 aliphatic carbocycles. The van der Waals surface area contributed by atoms with E-state index >= 15 is 0 Å². The Hall–Kier alpha value is -1.30. The van der Waals surface area contributed by atoms with Crippen molar-refractivity contribution in [2.24, 2.45) is 0 Å². The molecule has 3 rings (SSSR count). The van der Waals surface area contributed by atoms with Crippen molar-refractivity contribution in [2.75, 3.05) is 0 Å².